The summed E-state index contributed by atoms with van der Waals surface area (Å²) < 4.78 is 28.0. The van der Waals surface area contributed by atoms with Gasteiger partial charge in [0.05, 0.1) is 17.6 Å². The van der Waals surface area contributed by atoms with Gasteiger partial charge in [0, 0.05) is 0 Å². The Bertz CT molecular complexity index is 449. The third kappa shape index (κ3) is 4.08. The van der Waals surface area contributed by atoms with Gasteiger partial charge in [-0.3, -0.25) is 4.18 Å². The monoisotopic (exact) mass is 260 g/mol. The van der Waals surface area contributed by atoms with E-state index in [1.807, 2.05) is 6.92 Å². The zero-order valence-corrected chi connectivity index (χ0v) is 10.5. The van der Waals surface area contributed by atoms with Crippen molar-refractivity contribution in [3.05, 3.63) is 29.8 Å². The van der Waals surface area contributed by atoms with Crippen LogP contribution < -0.4 is 0 Å². The highest BCUT2D eigenvalue weighted by Gasteiger charge is 2.19. The van der Waals surface area contributed by atoms with Crippen LogP contribution in [0.1, 0.15) is 12.5 Å². The van der Waals surface area contributed by atoms with Crippen LogP contribution in [0.15, 0.2) is 29.2 Å². The third-order valence-corrected chi connectivity index (χ3v) is 3.56. The van der Waals surface area contributed by atoms with E-state index < -0.39 is 28.9 Å². The highest BCUT2D eigenvalue weighted by atomic mass is 32.2. The molecule has 1 aromatic rings. The van der Waals surface area contributed by atoms with E-state index >= 15 is 0 Å². The first-order chi connectivity index (χ1) is 7.83. The van der Waals surface area contributed by atoms with Crippen molar-refractivity contribution in [1.82, 2.24) is 0 Å². The number of benzene rings is 1. The lowest BCUT2D eigenvalue weighted by atomic mass is 10.2. The van der Waals surface area contributed by atoms with Crippen LogP contribution in [0.4, 0.5) is 0 Å². The molecule has 6 heteroatoms. The highest BCUT2D eigenvalue weighted by Crippen LogP contribution is 2.13. The molecule has 2 unspecified atom stereocenters. The zero-order valence-electron chi connectivity index (χ0n) is 9.70. The van der Waals surface area contributed by atoms with Crippen molar-refractivity contribution >= 4 is 10.1 Å². The fourth-order valence-electron chi connectivity index (χ4n) is 1.07. The van der Waals surface area contributed by atoms with Gasteiger partial charge in [0.15, 0.2) is 0 Å². The maximum atomic E-state index is 11.7. The maximum Gasteiger partial charge on any atom is 0.297 e. The summed E-state index contributed by atoms with van der Waals surface area (Å²) in [7, 11) is -3.88. The van der Waals surface area contributed by atoms with E-state index in [1.54, 1.807) is 12.1 Å². The Kier molecular flexibility index (Phi) is 4.64. The van der Waals surface area contributed by atoms with Crippen LogP contribution in [0.3, 0.4) is 0 Å². The topological polar surface area (TPSA) is 83.8 Å². The summed E-state index contributed by atoms with van der Waals surface area (Å²) in [5, 5.41) is 18.2. The molecule has 0 heterocycles. The van der Waals surface area contributed by atoms with E-state index in [1.165, 1.54) is 19.1 Å². The van der Waals surface area contributed by atoms with Crippen molar-refractivity contribution in [2.75, 3.05) is 6.61 Å². The summed E-state index contributed by atoms with van der Waals surface area (Å²) in [6, 6.07) is 6.17. The molecule has 0 bridgehead atoms. The van der Waals surface area contributed by atoms with Crippen LogP contribution in [0.5, 0.6) is 0 Å². The molecule has 0 spiro atoms. The summed E-state index contributed by atoms with van der Waals surface area (Å²) in [6.07, 6.45) is -2.27. The quantitative estimate of drug-likeness (QED) is 0.751. The van der Waals surface area contributed by atoms with Crippen LogP contribution >= 0.6 is 0 Å². The maximum absolute atomic E-state index is 11.7. The predicted molar refractivity (Wildman–Crippen MR) is 62.0 cm³/mol. The van der Waals surface area contributed by atoms with Crippen LogP contribution in [0, 0.1) is 6.92 Å². The van der Waals surface area contributed by atoms with Gasteiger partial charge >= 0.3 is 0 Å². The van der Waals surface area contributed by atoms with E-state index in [4.69, 9.17) is 5.11 Å². The molecule has 0 aliphatic carbocycles. The lowest BCUT2D eigenvalue weighted by molar-refractivity contribution is 0.00376. The average Bonchev–Trinajstić information content (AvgIpc) is 2.26. The molecule has 2 N–H and O–H groups in total. The van der Waals surface area contributed by atoms with Crippen molar-refractivity contribution in [2.24, 2.45) is 0 Å². The summed E-state index contributed by atoms with van der Waals surface area (Å²) >= 11 is 0. The molecule has 0 amide bonds. The van der Waals surface area contributed by atoms with Crippen LogP contribution in [0.2, 0.25) is 0 Å². The Morgan fingerprint density at radius 3 is 2.24 bits per heavy atom. The molecule has 96 valence electrons. The molecule has 0 saturated carbocycles. The van der Waals surface area contributed by atoms with Gasteiger partial charge in [-0.15, -0.1) is 0 Å². The molecular weight excluding hydrogens is 244 g/mol. The van der Waals surface area contributed by atoms with E-state index in [2.05, 4.69) is 4.18 Å². The summed E-state index contributed by atoms with van der Waals surface area (Å²) in [5.74, 6) is 0. The minimum Gasteiger partial charge on any atom is -0.391 e. The van der Waals surface area contributed by atoms with Gasteiger partial charge in [0.25, 0.3) is 10.1 Å². The molecular formula is C11H16O5S. The van der Waals surface area contributed by atoms with Gasteiger partial charge in [-0.25, -0.2) is 0 Å². The first-order valence-corrected chi connectivity index (χ1v) is 6.56. The standard InChI is InChI=1S/C11H16O5S/c1-8-3-5-10(6-4-8)17(14,15)16-7-11(13)9(2)12/h3-6,9,11-13H,7H2,1-2H3. The SMILES string of the molecule is Cc1ccc(S(=O)(=O)OCC(O)C(C)O)cc1. The fourth-order valence-corrected chi connectivity index (χ4v) is 2.00. The molecule has 1 rings (SSSR count). The summed E-state index contributed by atoms with van der Waals surface area (Å²) in [6.45, 7) is 2.73. The second-order valence-corrected chi connectivity index (χ2v) is 5.48. The lowest BCUT2D eigenvalue weighted by Gasteiger charge is -2.13. The second kappa shape index (κ2) is 5.59. The number of aliphatic hydroxyl groups is 2. The smallest absolute Gasteiger partial charge is 0.297 e. The molecule has 0 aliphatic rings. The first kappa shape index (κ1) is 14.1. The Morgan fingerprint density at radius 1 is 1.24 bits per heavy atom. The van der Waals surface area contributed by atoms with E-state index in [9.17, 15) is 13.5 Å². The minimum atomic E-state index is -3.88. The largest absolute Gasteiger partial charge is 0.391 e. The van der Waals surface area contributed by atoms with Crippen molar-refractivity contribution < 1.29 is 22.8 Å². The molecule has 2 atom stereocenters. The number of aliphatic hydroxyl groups excluding tert-OH is 2. The molecule has 0 aliphatic heterocycles. The van der Waals surface area contributed by atoms with E-state index in [-0.39, 0.29) is 4.90 Å². The first-order valence-electron chi connectivity index (χ1n) is 5.15. The van der Waals surface area contributed by atoms with Crippen molar-refractivity contribution in [2.45, 2.75) is 31.0 Å². The molecule has 1 aromatic carbocycles. The van der Waals surface area contributed by atoms with Gasteiger partial charge in [0.2, 0.25) is 0 Å². The summed E-state index contributed by atoms with van der Waals surface area (Å²) in [4.78, 5) is 0.0286. The normalized spacial score (nSPS) is 15.5. The van der Waals surface area contributed by atoms with Crippen LogP contribution in [0.25, 0.3) is 0 Å². The van der Waals surface area contributed by atoms with Crippen molar-refractivity contribution in [1.29, 1.82) is 0 Å². The number of rotatable bonds is 5. The number of hydrogen-bond acceptors (Lipinski definition) is 5. The predicted octanol–water partition coefficient (Wildman–Crippen LogP) is 0.442. The van der Waals surface area contributed by atoms with Gasteiger partial charge in [-0.1, -0.05) is 17.7 Å². The number of hydrogen-bond donors (Lipinski definition) is 2. The molecule has 0 fully saturated rings. The Hall–Kier alpha value is -0.950. The average molecular weight is 260 g/mol. The van der Waals surface area contributed by atoms with Crippen molar-refractivity contribution in [3.8, 4) is 0 Å². The fraction of sp³-hybridized carbons (Fsp3) is 0.455. The third-order valence-electron chi connectivity index (χ3n) is 2.26. The van der Waals surface area contributed by atoms with Crippen molar-refractivity contribution in [3.63, 3.8) is 0 Å². The second-order valence-electron chi connectivity index (χ2n) is 3.86. The summed E-state index contributed by atoms with van der Waals surface area (Å²) in [5.41, 5.74) is 0.938. The van der Waals surface area contributed by atoms with Gasteiger partial charge in [-0.2, -0.15) is 8.42 Å². The zero-order chi connectivity index (χ0) is 13.1. The van der Waals surface area contributed by atoms with Gasteiger partial charge in [-0.05, 0) is 26.0 Å². The molecule has 0 radical (unpaired) electrons. The molecule has 17 heavy (non-hydrogen) atoms. The molecule has 0 aromatic heterocycles. The van der Waals surface area contributed by atoms with Gasteiger partial charge in [0.1, 0.15) is 6.10 Å². The Labute approximate surface area is 101 Å². The Balaban J connectivity index is 2.72. The van der Waals surface area contributed by atoms with E-state index in [0.29, 0.717) is 0 Å². The Morgan fingerprint density at radius 2 is 1.76 bits per heavy atom. The van der Waals surface area contributed by atoms with Crippen LogP contribution in [-0.2, 0) is 14.3 Å². The highest BCUT2D eigenvalue weighted by molar-refractivity contribution is 7.86. The van der Waals surface area contributed by atoms with Gasteiger partial charge < -0.3 is 10.2 Å². The molecule has 0 saturated heterocycles. The lowest BCUT2D eigenvalue weighted by Crippen LogP contribution is -2.29. The van der Waals surface area contributed by atoms with E-state index in [0.717, 1.165) is 5.56 Å². The minimum absolute atomic E-state index is 0.0286. The number of aryl methyl sites for hydroxylation is 1. The molecule has 5 nitrogen and oxygen atoms in total. The van der Waals surface area contributed by atoms with Crippen LogP contribution in [-0.4, -0.2) is 37.4 Å².